The van der Waals surface area contributed by atoms with Crippen molar-refractivity contribution in [2.24, 2.45) is 0 Å². The number of rotatable bonds is 5. The fraction of sp³-hybridized carbons (Fsp3) is 0.533. The average Bonchev–Trinajstić information content (AvgIpc) is 2.48. The molecule has 1 aromatic carbocycles. The molecular formula is C15H19F2NO2. The first-order chi connectivity index (χ1) is 9.63. The van der Waals surface area contributed by atoms with Gasteiger partial charge in [-0.25, -0.2) is 8.78 Å². The van der Waals surface area contributed by atoms with Gasteiger partial charge in [0.25, 0.3) is 0 Å². The van der Waals surface area contributed by atoms with Gasteiger partial charge in [-0.3, -0.25) is 9.69 Å². The van der Waals surface area contributed by atoms with E-state index in [1.165, 1.54) is 12.1 Å². The van der Waals surface area contributed by atoms with E-state index < -0.39 is 17.4 Å². The van der Waals surface area contributed by atoms with Crippen molar-refractivity contribution < 1.29 is 18.7 Å². The van der Waals surface area contributed by atoms with Crippen LogP contribution < -0.4 is 0 Å². The van der Waals surface area contributed by atoms with Gasteiger partial charge in [-0.1, -0.05) is 12.5 Å². The summed E-state index contributed by atoms with van der Waals surface area (Å²) in [6.07, 6.45) is 3.17. The molecular weight excluding hydrogens is 264 g/mol. The summed E-state index contributed by atoms with van der Waals surface area (Å²) in [7, 11) is 0. The minimum atomic E-state index is -1.07. The maximum absolute atomic E-state index is 13.5. The zero-order valence-electron chi connectivity index (χ0n) is 11.3. The number of piperidine rings is 1. The highest BCUT2D eigenvalue weighted by molar-refractivity contribution is 5.96. The van der Waals surface area contributed by atoms with E-state index >= 15 is 0 Å². The Bertz CT molecular complexity index is 479. The van der Waals surface area contributed by atoms with Crippen molar-refractivity contribution in [1.29, 1.82) is 0 Å². The molecule has 0 saturated carbocycles. The lowest BCUT2D eigenvalue weighted by Gasteiger charge is -2.34. The summed E-state index contributed by atoms with van der Waals surface area (Å²) < 4.78 is 26.6. The molecule has 1 unspecified atom stereocenters. The zero-order chi connectivity index (χ0) is 14.5. The van der Waals surface area contributed by atoms with Gasteiger partial charge in [-0.2, -0.15) is 0 Å². The van der Waals surface area contributed by atoms with Gasteiger partial charge < -0.3 is 5.11 Å². The van der Waals surface area contributed by atoms with E-state index in [0.717, 1.165) is 31.9 Å². The first-order valence-electron chi connectivity index (χ1n) is 6.95. The summed E-state index contributed by atoms with van der Waals surface area (Å²) in [5.74, 6) is -2.47. The van der Waals surface area contributed by atoms with Crippen molar-refractivity contribution in [3.05, 3.63) is 35.4 Å². The first-order valence-corrected chi connectivity index (χ1v) is 6.95. The Balaban J connectivity index is 1.96. The van der Waals surface area contributed by atoms with E-state index in [1.54, 1.807) is 0 Å². The summed E-state index contributed by atoms with van der Waals surface area (Å²) in [6.45, 7) is 1.38. The molecule has 0 spiro atoms. The topological polar surface area (TPSA) is 40.5 Å². The molecule has 0 amide bonds. The third-order valence-electron chi connectivity index (χ3n) is 3.84. The van der Waals surface area contributed by atoms with Crippen LogP contribution in [0.1, 0.15) is 36.0 Å². The van der Waals surface area contributed by atoms with E-state index in [4.69, 9.17) is 0 Å². The van der Waals surface area contributed by atoms with Crippen molar-refractivity contribution in [2.45, 2.75) is 31.7 Å². The number of hydrogen-bond acceptors (Lipinski definition) is 3. The second-order valence-electron chi connectivity index (χ2n) is 5.14. The molecule has 1 fully saturated rings. The molecule has 2 rings (SSSR count). The van der Waals surface area contributed by atoms with Crippen molar-refractivity contribution >= 4 is 5.78 Å². The lowest BCUT2D eigenvalue weighted by molar-refractivity contribution is 0.0790. The largest absolute Gasteiger partial charge is 0.395 e. The summed E-state index contributed by atoms with van der Waals surface area (Å²) >= 11 is 0. The van der Waals surface area contributed by atoms with Gasteiger partial charge in [-0.05, 0) is 31.5 Å². The third-order valence-corrected chi connectivity index (χ3v) is 3.84. The van der Waals surface area contributed by atoms with Crippen LogP contribution in [0.2, 0.25) is 0 Å². The van der Waals surface area contributed by atoms with Crippen LogP contribution in [0.4, 0.5) is 8.78 Å². The van der Waals surface area contributed by atoms with Crippen LogP contribution in [0.5, 0.6) is 0 Å². The first kappa shape index (κ1) is 15.1. The molecule has 1 aliphatic heterocycles. The minimum absolute atomic E-state index is 0.0719. The maximum Gasteiger partial charge on any atom is 0.169 e. The molecule has 0 bridgehead atoms. The highest BCUT2D eigenvalue weighted by Gasteiger charge is 2.23. The van der Waals surface area contributed by atoms with Crippen molar-refractivity contribution in [3.63, 3.8) is 0 Å². The summed E-state index contributed by atoms with van der Waals surface area (Å²) in [5.41, 5.74) is -0.192. The Morgan fingerprint density at radius 2 is 2.15 bits per heavy atom. The van der Waals surface area contributed by atoms with E-state index in [0.29, 0.717) is 6.54 Å². The summed E-state index contributed by atoms with van der Waals surface area (Å²) in [4.78, 5) is 14.0. The van der Waals surface area contributed by atoms with Crippen molar-refractivity contribution in [3.8, 4) is 0 Å². The number of likely N-dealkylation sites (tertiary alicyclic amines) is 1. The second-order valence-corrected chi connectivity index (χ2v) is 5.14. The van der Waals surface area contributed by atoms with Gasteiger partial charge >= 0.3 is 0 Å². The molecule has 0 aliphatic carbocycles. The predicted molar refractivity (Wildman–Crippen MR) is 71.6 cm³/mol. The molecule has 1 aliphatic rings. The van der Waals surface area contributed by atoms with Crippen LogP contribution in [0.25, 0.3) is 0 Å². The standard InChI is InChI=1S/C15H19F2NO2/c16-13-6-3-5-12(15(13)17)14(20)7-9-18-8-2-1-4-11(18)10-19/h3,5-6,11,19H,1-2,4,7-10H2. The molecule has 110 valence electrons. The van der Waals surface area contributed by atoms with Gasteiger partial charge in [0.1, 0.15) is 0 Å². The van der Waals surface area contributed by atoms with E-state index in [1.807, 2.05) is 0 Å². The molecule has 0 aromatic heterocycles. The molecule has 0 radical (unpaired) electrons. The Morgan fingerprint density at radius 3 is 2.90 bits per heavy atom. The molecule has 3 nitrogen and oxygen atoms in total. The Labute approximate surface area is 117 Å². The Kier molecular flexibility index (Phi) is 5.20. The summed E-state index contributed by atoms with van der Waals surface area (Å²) in [6, 6.07) is 3.72. The minimum Gasteiger partial charge on any atom is -0.395 e. The van der Waals surface area contributed by atoms with Crippen molar-refractivity contribution in [2.75, 3.05) is 19.7 Å². The number of carbonyl (C=O) groups is 1. The number of halogens is 2. The zero-order valence-corrected chi connectivity index (χ0v) is 11.3. The van der Waals surface area contributed by atoms with Crippen molar-refractivity contribution in [1.82, 2.24) is 4.90 Å². The summed E-state index contributed by atoms with van der Waals surface area (Å²) in [5, 5.41) is 9.29. The van der Waals surface area contributed by atoms with Gasteiger partial charge in [0.05, 0.1) is 12.2 Å². The van der Waals surface area contributed by atoms with Crippen LogP contribution in [0.15, 0.2) is 18.2 Å². The van der Waals surface area contributed by atoms with Crippen LogP contribution in [-0.2, 0) is 0 Å². The van der Waals surface area contributed by atoms with Gasteiger partial charge in [0, 0.05) is 19.0 Å². The number of aliphatic hydroxyl groups excluding tert-OH is 1. The van der Waals surface area contributed by atoms with Crippen LogP contribution in [-0.4, -0.2) is 41.5 Å². The number of aliphatic hydroxyl groups is 1. The molecule has 5 heteroatoms. The predicted octanol–water partition coefficient (Wildman–Crippen LogP) is 2.38. The molecule has 1 saturated heterocycles. The number of carbonyl (C=O) groups excluding carboxylic acids is 1. The third kappa shape index (κ3) is 3.41. The molecule has 1 heterocycles. The number of benzene rings is 1. The molecule has 20 heavy (non-hydrogen) atoms. The normalized spacial score (nSPS) is 20.1. The van der Waals surface area contributed by atoms with E-state index in [2.05, 4.69) is 4.90 Å². The number of hydrogen-bond donors (Lipinski definition) is 1. The average molecular weight is 283 g/mol. The monoisotopic (exact) mass is 283 g/mol. The fourth-order valence-electron chi connectivity index (χ4n) is 2.66. The fourth-order valence-corrected chi connectivity index (χ4v) is 2.66. The van der Waals surface area contributed by atoms with Gasteiger partial charge in [-0.15, -0.1) is 0 Å². The Hall–Kier alpha value is -1.33. The quantitative estimate of drug-likeness (QED) is 0.844. The second kappa shape index (κ2) is 6.90. The number of ketones is 1. The van der Waals surface area contributed by atoms with E-state index in [-0.39, 0.29) is 24.6 Å². The van der Waals surface area contributed by atoms with Crippen LogP contribution >= 0.6 is 0 Å². The molecule has 1 aromatic rings. The highest BCUT2D eigenvalue weighted by atomic mass is 19.2. The smallest absolute Gasteiger partial charge is 0.169 e. The molecule has 1 atom stereocenters. The van der Waals surface area contributed by atoms with Gasteiger partial charge in [0.2, 0.25) is 0 Å². The highest BCUT2D eigenvalue weighted by Crippen LogP contribution is 2.18. The maximum atomic E-state index is 13.5. The lowest BCUT2D eigenvalue weighted by Crippen LogP contribution is -2.42. The Morgan fingerprint density at radius 1 is 1.35 bits per heavy atom. The molecule has 1 N–H and O–H groups in total. The lowest BCUT2D eigenvalue weighted by atomic mass is 10.0. The van der Waals surface area contributed by atoms with Crippen LogP contribution in [0, 0.1) is 11.6 Å². The number of nitrogens with zero attached hydrogens (tertiary/aromatic N) is 1. The van der Waals surface area contributed by atoms with Gasteiger partial charge in [0.15, 0.2) is 17.4 Å². The van der Waals surface area contributed by atoms with E-state index in [9.17, 15) is 18.7 Å². The SMILES string of the molecule is O=C(CCN1CCCCC1CO)c1cccc(F)c1F. The van der Waals surface area contributed by atoms with Crippen LogP contribution in [0.3, 0.4) is 0 Å². The number of Topliss-reactive ketones (excluding diaryl/α,β-unsaturated/α-hetero) is 1.